The second kappa shape index (κ2) is 9.09. The molecule has 7 heteroatoms. The van der Waals surface area contributed by atoms with Crippen LogP contribution in [0.25, 0.3) is 5.76 Å². The molecule has 0 radical (unpaired) electrons. The average Bonchev–Trinajstić information content (AvgIpc) is 2.98. The summed E-state index contributed by atoms with van der Waals surface area (Å²) in [4.78, 5) is 29.0. The summed E-state index contributed by atoms with van der Waals surface area (Å²) in [7, 11) is 5.34. The van der Waals surface area contributed by atoms with Gasteiger partial charge in [-0.25, -0.2) is 4.39 Å². The number of hydrogen-bond acceptors (Lipinski definition) is 5. The summed E-state index contributed by atoms with van der Waals surface area (Å²) >= 11 is 0. The Morgan fingerprint density at radius 1 is 1.13 bits per heavy atom. The lowest BCUT2D eigenvalue weighted by molar-refractivity contribution is -0.140. The smallest absolute Gasteiger partial charge is 0.295 e. The monoisotopic (exact) mass is 412 g/mol. The van der Waals surface area contributed by atoms with Crippen molar-refractivity contribution in [3.05, 3.63) is 71.0 Å². The molecule has 1 amide bonds. The molecule has 1 fully saturated rings. The maximum absolute atomic E-state index is 14.7. The Morgan fingerprint density at radius 3 is 2.40 bits per heavy atom. The van der Waals surface area contributed by atoms with Crippen LogP contribution in [0.15, 0.2) is 54.1 Å². The Labute approximate surface area is 175 Å². The van der Waals surface area contributed by atoms with Crippen molar-refractivity contribution in [2.75, 3.05) is 34.3 Å². The van der Waals surface area contributed by atoms with Gasteiger partial charge < -0.3 is 19.6 Å². The van der Waals surface area contributed by atoms with E-state index in [4.69, 9.17) is 4.74 Å². The van der Waals surface area contributed by atoms with Gasteiger partial charge in [-0.05, 0) is 57.4 Å². The van der Waals surface area contributed by atoms with Gasteiger partial charge in [0.1, 0.15) is 17.3 Å². The topological polar surface area (TPSA) is 70.1 Å². The zero-order chi connectivity index (χ0) is 21.8. The average molecular weight is 412 g/mol. The molecule has 30 heavy (non-hydrogen) atoms. The molecule has 0 saturated carbocycles. The highest BCUT2D eigenvalue weighted by Crippen LogP contribution is 2.40. The first kappa shape index (κ1) is 21.5. The summed E-state index contributed by atoms with van der Waals surface area (Å²) in [5.41, 5.74) is 0.417. The maximum atomic E-state index is 14.7. The van der Waals surface area contributed by atoms with Crippen LogP contribution in [0.2, 0.25) is 0 Å². The highest BCUT2D eigenvalue weighted by Gasteiger charge is 2.46. The van der Waals surface area contributed by atoms with Gasteiger partial charge in [-0.1, -0.05) is 18.2 Å². The fourth-order valence-electron chi connectivity index (χ4n) is 3.59. The third kappa shape index (κ3) is 4.21. The number of halogens is 1. The Kier molecular flexibility index (Phi) is 6.52. The first-order valence-corrected chi connectivity index (χ1v) is 9.67. The number of hydrogen-bond donors (Lipinski definition) is 1. The number of methoxy groups -OCH3 is 1. The van der Waals surface area contributed by atoms with Crippen LogP contribution in [-0.4, -0.2) is 60.9 Å². The summed E-state index contributed by atoms with van der Waals surface area (Å²) in [5.74, 6) is -1.85. The Bertz CT molecular complexity index is 969. The van der Waals surface area contributed by atoms with E-state index >= 15 is 0 Å². The molecule has 1 aliphatic heterocycles. The third-order valence-electron chi connectivity index (χ3n) is 5.11. The number of Topliss-reactive ketones (excluding diaryl/α,β-unsaturated/α-hetero) is 1. The van der Waals surface area contributed by atoms with Gasteiger partial charge >= 0.3 is 0 Å². The minimum absolute atomic E-state index is 0.111. The van der Waals surface area contributed by atoms with Crippen LogP contribution in [0, 0.1) is 5.82 Å². The van der Waals surface area contributed by atoms with Gasteiger partial charge in [0, 0.05) is 17.7 Å². The van der Waals surface area contributed by atoms with Gasteiger partial charge in [0.25, 0.3) is 11.7 Å². The van der Waals surface area contributed by atoms with E-state index in [1.54, 1.807) is 36.4 Å². The summed E-state index contributed by atoms with van der Waals surface area (Å²) in [6, 6.07) is 11.5. The van der Waals surface area contributed by atoms with E-state index in [-0.39, 0.29) is 23.4 Å². The molecular weight excluding hydrogens is 387 g/mol. The quantitative estimate of drug-likeness (QED) is 0.430. The number of amides is 1. The van der Waals surface area contributed by atoms with Crippen molar-refractivity contribution in [2.24, 2.45) is 0 Å². The van der Waals surface area contributed by atoms with Crippen LogP contribution in [0.3, 0.4) is 0 Å². The van der Waals surface area contributed by atoms with Crippen LogP contribution >= 0.6 is 0 Å². The van der Waals surface area contributed by atoms with Crippen LogP contribution in [0.5, 0.6) is 5.75 Å². The van der Waals surface area contributed by atoms with E-state index in [9.17, 15) is 19.1 Å². The fraction of sp³-hybridized carbons (Fsp3) is 0.304. The van der Waals surface area contributed by atoms with Crippen molar-refractivity contribution < 1.29 is 23.8 Å². The van der Waals surface area contributed by atoms with E-state index in [1.165, 1.54) is 24.1 Å². The van der Waals surface area contributed by atoms with E-state index in [2.05, 4.69) is 0 Å². The molecule has 2 aromatic rings. The molecule has 1 atom stereocenters. The SMILES string of the molecule is COc1ccc(/C(O)=C2/C(=O)C(=O)N(CCCN(C)C)C2c2ccccc2F)cc1. The predicted molar refractivity (Wildman–Crippen MR) is 112 cm³/mol. The minimum Gasteiger partial charge on any atom is -0.507 e. The number of benzene rings is 2. The lowest BCUT2D eigenvalue weighted by atomic mass is 9.95. The molecule has 0 aliphatic carbocycles. The molecule has 1 N–H and O–H groups in total. The van der Waals surface area contributed by atoms with Gasteiger partial charge in [-0.3, -0.25) is 9.59 Å². The summed E-state index contributed by atoms with van der Waals surface area (Å²) in [5, 5.41) is 10.9. The second-order valence-electron chi connectivity index (χ2n) is 7.40. The summed E-state index contributed by atoms with van der Waals surface area (Å²) < 4.78 is 19.8. The largest absolute Gasteiger partial charge is 0.507 e. The van der Waals surface area contributed by atoms with Crippen LogP contribution in [0.4, 0.5) is 4.39 Å². The zero-order valence-electron chi connectivity index (χ0n) is 17.3. The molecule has 6 nitrogen and oxygen atoms in total. The standard InChI is InChI=1S/C23H25FN2O4/c1-25(2)13-6-14-26-20(17-7-4-5-8-18(17)24)19(22(28)23(26)29)21(27)15-9-11-16(30-3)12-10-15/h4-5,7-12,20,27H,6,13-14H2,1-3H3/b21-19-. The molecule has 1 saturated heterocycles. The highest BCUT2D eigenvalue weighted by molar-refractivity contribution is 6.46. The van der Waals surface area contributed by atoms with Gasteiger partial charge in [0.2, 0.25) is 0 Å². The Hall–Kier alpha value is -3.19. The third-order valence-corrected chi connectivity index (χ3v) is 5.11. The van der Waals surface area contributed by atoms with Crippen molar-refractivity contribution in [1.82, 2.24) is 9.80 Å². The Morgan fingerprint density at radius 2 is 1.80 bits per heavy atom. The number of ether oxygens (including phenoxy) is 1. The highest BCUT2D eigenvalue weighted by atomic mass is 19.1. The number of carbonyl (C=O) groups is 2. The Balaban J connectivity index is 2.09. The lowest BCUT2D eigenvalue weighted by Gasteiger charge is -2.26. The van der Waals surface area contributed by atoms with Crippen LogP contribution in [0.1, 0.15) is 23.6 Å². The van der Waals surface area contributed by atoms with Crippen molar-refractivity contribution in [3.63, 3.8) is 0 Å². The molecule has 158 valence electrons. The normalized spacial score (nSPS) is 18.3. The summed E-state index contributed by atoms with van der Waals surface area (Å²) in [6.45, 7) is 0.965. The van der Waals surface area contributed by atoms with Crippen LogP contribution < -0.4 is 4.74 Å². The molecular formula is C23H25FN2O4. The summed E-state index contributed by atoms with van der Waals surface area (Å²) in [6.07, 6.45) is 0.605. The van der Waals surface area contributed by atoms with E-state index < -0.39 is 23.5 Å². The first-order valence-electron chi connectivity index (χ1n) is 9.67. The molecule has 1 aliphatic rings. The van der Waals surface area contributed by atoms with Gasteiger partial charge in [-0.2, -0.15) is 0 Å². The number of aliphatic hydroxyl groups excluding tert-OH is 1. The number of ketones is 1. The molecule has 2 aromatic carbocycles. The van der Waals surface area contributed by atoms with Crippen molar-refractivity contribution in [1.29, 1.82) is 0 Å². The maximum Gasteiger partial charge on any atom is 0.295 e. The van der Waals surface area contributed by atoms with Crippen molar-refractivity contribution in [3.8, 4) is 5.75 Å². The van der Waals surface area contributed by atoms with Gasteiger partial charge in [0.15, 0.2) is 0 Å². The first-order chi connectivity index (χ1) is 14.3. The van der Waals surface area contributed by atoms with Crippen molar-refractivity contribution >= 4 is 17.4 Å². The van der Waals surface area contributed by atoms with E-state index in [0.29, 0.717) is 24.3 Å². The van der Waals surface area contributed by atoms with E-state index in [1.807, 2.05) is 19.0 Å². The number of nitrogens with zero attached hydrogens (tertiary/aromatic N) is 2. The molecule has 0 spiro atoms. The fourth-order valence-corrected chi connectivity index (χ4v) is 3.59. The molecule has 3 rings (SSSR count). The second-order valence-corrected chi connectivity index (χ2v) is 7.40. The number of likely N-dealkylation sites (tertiary alicyclic amines) is 1. The molecule has 1 unspecified atom stereocenters. The number of rotatable bonds is 7. The lowest BCUT2D eigenvalue weighted by Crippen LogP contribution is -2.32. The molecule has 0 aromatic heterocycles. The zero-order valence-corrected chi connectivity index (χ0v) is 17.3. The predicted octanol–water partition coefficient (Wildman–Crippen LogP) is 3.21. The number of aliphatic hydroxyl groups is 1. The molecule has 0 bridgehead atoms. The minimum atomic E-state index is -0.990. The molecule has 1 heterocycles. The van der Waals surface area contributed by atoms with Gasteiger partial charge in [-0.15, -0.1) is 0 Å². The van der Waals surface area contributed by atoms with Crippen LogP contribution in [-0.2, 0) is 9.59 Å². The number of carbonyl (C=O) groups excluding carboxylic acids is 2. The van der Waals surface area contributed by atoms with Gasteiger partial charge in [0.05, 0.1) is 18.7 Å². The van der Waals surface area contributed by atoms with Crippen molar-refractivity contribution in [2.45, 2.75) is 12.5 Å². The van der Waals surface area contributed by atoms with E-state index in [0.717, 1.165) is 0 Å².